The molecule has 2 amide bonds. The number of nitrogens with zero attached hydrogens (tertiary/aromatic N) is 2. The molecule has 0 fully saturated rings. The van der Waals surface area contributed by atoms with Crippen LogP contribution in [0.2, 0.25) is 0 Å². The van der Waals surface area contributed by atoms with E-state index in [4.69, 9.17) is 9.57 Å². The number of hydrogen-bond donors (Lipinski definition) is 1. The molecule has 0 bridgehead atoms. The van der Waals surface area contributed by atoms with Crippen LogP contribution in [0.4, 0.5) is 10.5 Å². The van der Waals surface area contributed by atoms with Gasteiger partial charge in [0.15, 0.2) is 6.10 Å². The van der Waals surface area contributed by atoms with Crippen molar-refractivity contribution in [3.8, 4) is 0 Å². The molecular formula is C22H25N3O4. The normalized spacial score (nSPS) is 15.3. The van der Waals surface area contributed by atoms with Crippen LogP contribution in [0.1, 0.15) is 34.8 Å². The van der Waals surface area contributed by atoms with Gasteiger partial charge in [-0.2, -0.15) is 0 Å². The second-order valence-electron chi connectivity index (χ2n) is 6.94. The van der Waals surface area contributed by atoms with E-state index in [2.05, 4.69) is 10.5 Å². The summed E-state index contributed by atoms with van der Waals surface area (Å²) in [4.78, 5) is 31.2. The summed E-state index contributed by atoms with van der Waals surface area (Å²) in [5.74, 6) is -0.384. The fourth-order valence-corrected chi connectivity index (χ4v) is 2.95. The monoisotopic (exact) mass is 395 g/mol. The number of urea groups is 1. The summed E-state index contributed by atoms with van der Waals surface area (Å²) in [5, 5.41) is 6.97. The van der Waals surface area contributed by atoms with Crippen molar-refractivity contribution in [2.45, 2.75) is 26.4 Å². The fourth-order valence-electron chi connectivity index (χ4n) is 2.95. The van der Waals surface area contributed by atoms with Gasteiger partial charge in [-0.15, -0.1) is 0 Å². The topological polar surface area (TPSA) is 80.2 Å². The van der Waals surface area contributed by atoms with Gasteiger partial charge in [0.1, 0.15) is 0 Å². The maximum Gasteiger partial charge on any atom is 0.338 e. The number of amides is 2. The molecule has 0 spiro atoms. The van der Waals surface area contributed by atoms with Crippen LogP contribution in [0.3, 0.4) is 0 Å². The first-order valence-corrected chi connectivity index (χ1v) is 9.55. The molecule has 1 aliphatic rings. The van der Waals surface area contributed by atoms with Crippen molar-refractivity contribution in [1.29, 1.82) is 0 Å². The standard InChI is InChI=1S/C22H25N3O4/c1-4-28-21(26)17-9-11-18(12-10-17)23-22(27)25(3)14-19-13-20(24-29-19)16-7-5-15(2)6-8-16/h5-12,19H,4,13-14H2,1-3H3,(H,23,27). The fraction of sp³-hybridized carbons (Fsp3) is 0.318. The largest absolute Gasteiger partial charge is 0.462 e. The van der Waals surface area contributed by atoms with E-state index in [1.54, 1.807) is 43.1 Å². The van der Waals surface area contributed by atoms with Crippen molar-refractivity contribution >= 4 is 23.4 Å². The van der Waals surface area contributed by atoms with Gasteiger partial charge < -0.3 is 19.8 Å². The van der Waals surface area contributed by atoms with E-state index >= 15 is 0 Å². The van der Waals surface area contributed by atoms with E-state index in [0.29, 0.717) is 30.8 Å². The van der Waals surface area contributed by atoms with Gasteiger partial charge in [0.25, 0.3) is 0 Å². The number of anilines is 1. The van der Waals surface area contributed by atoms with Crippen LogP contribution in [-0.4, -0.2) is 48.9 Å². The van der Waals surface area contributed by atoms with Crippen LogP contribution in [0.15, 0.2) is 53.7 Å². The molecule has 1 aliphatic heterocycles. The van der Waals surface area contributed by atoms with Gasteiger partial charge in [-0.1, -0.05) is 35.0 Å². The maximum absolute atomic E-state index is 12.4. The molecule has 152 valence electrons. The highest BCUT2D eigenvalue weighted by atomic mass is 16.6. The molecule has 1 atom stereocenters. The number of carbonyl (C=O) groups excluding carboxylic acids is 2. The van der Waals surface area contributed by atoms with Crippen molar-refractivity contribution in [2.75, 3.05) is 25.5 Å². The third kappa shape index (κ3) is 5.34. The highest BCUT2D eigenvalue weighted by molar-refractivity contribution is 6.01. The predicted molar refractivity (Wildman–Crippen MR) is 111 cm³/mol. The van der Waals surface area contributed by atoms with Crippen molar-refractivity contribution in [3.05, 3.63) is 65.2 Å². The number of nitrogens with one attached hydrogen (secondary N) is 1. The Morgan fingerprint density at radius 2 is 1.86 bits per heavy atom. The minimum absolute atomic E-state index is 0.187. The highest BCUT2D eigenvalue weighted by Crippen LogP contribution is 2.18. The Kier molecular flexibility index (Phi) is 6.49. The summed E-state index contributed by atoms with van der Waals surface area (Å²) in [5.41, 5.74) is 4.15. The summed E-state index contributed by atoms with van der Waals surface area (Å²) in [7, 11) is 1.70. The molecule has 29 heavy (non-hydrogen) atoms. The molecule has 0 radical (unpaired) electrons. The molecular weight excluding hydrogens is 370 g/mol. The minimum Gasteiger partial charge on any atom is -0.462 e. The number of aryl methyl sites for hydroxylation is 1. The van der Waals surface area contributed by atoms with Crippen LogP contribution < -0.4 is 5.32 Å². The number of ether oxygens (including phenoxy) is 1. The predicted octanol–water partition coefficient (Wildman–Crippen LogP) is 3.83. The smallest absolute Gasteiger partial charge is 0.338 e. The van der Waals surface area contributed by atoms with E-state index in [0.717, 1.165) is 11.3 Å². The van der Waals surface area contributed by atoms with E-state index in [-0.39, 0.29) is 18.1 Å². The Hall–Kier alpha value is -3.35. The zero-order valence-corrected chi connectivity index (χ0v) is 16.8. The van der Waals surface area contributed by atoms with E-state index in [1.165, 1.54) is 5.56 Å². The summed E-state index contributed by atoms with van der Waals surface area (Å²) in [6, 6.07) is 14.4. The van der Waals surface area contributed by atoms with Gasteiger partial charge >= 0.3 is 12.0 Å². The third-order valence-electron chi connectivity index (χ3n) is 4.59. The lowest BCUT2D eigenvalue weighted by molar-refractivity contribution is 0.0526. The van der Waals surface area contributed by atoms with Crippen LogP contribution in [0.25, 0.3) is 0 Å². The first-order chi connectivity index (χ1) is 14.0. The molecule has 0 aromatic heterocycles. The second kappa shape index (κ2) is 9.23. The second-order valence-corrected chi connectivity index (χ2v) is 6.94. The highest BCUT2D eigenvalue weighted by Gasteiger charge is 2.25. The molecule has 1 heterocycles. The zero-order chi connectivity index (χ0) is 20.8. The molecule has 3 rings (SSSR count). The van der Waals surface area contributed by atoms with Crippen molar-refractivity contribution in [2.24, 2.45) is 5.16 Å². The quantitative estimate of drug-likeness (QED) is 0.754. The Balaban J connectivity index is 1.50. The maximum atomic E-state index is 12.4. The average Bonchev–Trinajstić information content (AvgIpc) is 3.17. The Morgan fingerprint density at radius 1 is 1.17 bits per heavy atom. The molecule has 1 N–H and O–H groups in total. The third-order valence-corrected chi connectivity index (χ3v) is 4.59. The lowest BCUT2D eigenvalue weighted by atomic mass is 10.0. The summed E-state index contributed by atoms with van der Waals surface area (Å²) in [6.07, 6.45) is 0.461. The average molecular weight is 395 g/mol. The van der Waals surface area contributed by atoms with Gasteiger partial charge in [0.2, 0.25) is 0 Å². The lowest BCUT2D eigenvalue weighted by Gasteiger charge is -2.20. The molecule has 7 heteroatoms. The Bertz CT molecular complexity index is 891. The SMILES string of the molecule is CCOC(=O)c1ccc(NC(=O)N(C)CC2CC(c3ccc(C)cc3)=NO2)cc1. The van der Waals surface area contributed by atoms with Crippen molar-refractivity contribution in [3.63, 3.8) is 0 Å². The van der Waals surface area contributed by atoms with Gasteiger partial charge in [-0.3, -0.25) is 0 Å². The van der Waals surface area contributed by atoms with E-state index in [1.807, 2.05) is 31.2 Å². The zero-order valence-electron chi connectivity index (χ0n) is 16.8. The minimum atomic E-state index is -0.384. The number of oxime groups is 1. The first kappa shape index (κ1) is 20.4. The van der Waals surface area contributed by atoms with Crippen LogP contribution in [0.5, 0.6) is 0 Å². The van der Waals surface area contributed by atoms with E-state index in [9.17, 15) is 9.59 Å². The Morgan fingerprint density at radius 3 is 2.52 bits per heavy atom. The summed E-state index contributed by atoms with van der Waals surface area (Å²) < 4.78 is 4.95. The molecule has 0 saturated heterocycles. The molecule has 2 aromatic carbocycles. The van der Waals surface area contributed by atoms with Gasteiger partial charge in [0.05, 0.1) is 24.4 Å². The number of hydrogen-bond acceptors (Lipinski definition) is 5. The first-order valence-electron chi connectivity index (χ1n) is 9.55. The molecule has 0 aliphatic carbocycles. The van der Waals surface area contributed by atoms with Crippen molar-refractivity contribution in [1.82, 2.24) is 4.90 Å². The molecule has 1 unspecified atom stereocenters. The van der Waals surface area contributed by atoms with Gasteiger partial charge in [0, 0.05) is 19.2 Å². The van der Waals surface area contributed by atoms with E-state index < -0.39 is 0 Å². The van der Waals surface area contributed by atoms with Crippen LogP contribution >= 0.6 is 0 Å². The van der Waals surface area contributed by atoms with Crippen molar-refractivity contribution < 1.29 is 19.2 Å². The summed E-state index contributed by atoms with van der Waals surface area (Å²) in [6.45, 7) is 4.52. The number of likely N-dealkylation sites (N-methyl/N-ethyl adjacent to an activating group) is 1. The summed E-state index contributed by atoms with van der Waals surface area (Å²) >= 11 is 0. The van der Waals surface area contributed by atoms with Crippen LogP contribution in [0, 0.1) is 6.92 Å². The number of carbonyl (C=O) groups is 2. The number of benzene rings is 2. The lowest BCUT2D eigenvalue weighted by Crippen LogP contribution is -2.37. The van der Waals surface area contributed by atoms with Gasteiger partial charge in [-0.05, 0) is 43.7 Å². The van der Waals surface area contributed by atoms with Crippen LogP contribution in [-0.2, 0) is 9.57 Å². The van der Waals surface area contributed by atoms with Gasteiger partial charge in [-0.25, -0.2) is 9.59 Å². The molecule has 0 saturated carbocycles. The Labute approximate surface area is 170 Å². The molecule has 7 nitrogen and oxygen atoms in total. The number of esters is 1. The number of rotatable bonds is 6. The molecule has 2 aromatic rings.